The van der Waals surface area contributed by atoms with Crippen molar-refractivity contribution in [3.8, 4) is 11.5 Å². The molecule has 0 bridgehead atoms. The van der Waals surface area contributed by atoms with Crippen molar-refractivity contribution in [2.45, 2.75) is 18.2 Å². The van der Waals surface area contributed by atoms with Crippen molar-refractivity contribution in [2.75, 3.05) is 13.7 Å². The molecule has 0 saturated carbocycles. The van der Waals surface area contributed by atoms with Crippen LogP contribution in [0.4, 0.5) is 5.69 Å². The van der Waals surface area contributed by atoms with E-state index in [1.807, 2.05) is 6.92 Å². The number of methoxy groups -OCH3 is 1. The summed E-state index contributed by atoms with van der Waals surface area (Å²) in [7, 11) is -2.98. The number of nitro benzene ring substituents is 1. The lowest BCUT2D eigenvalue weighted by molar-refractivity contribution is -0.385. The molecule has 0 unspecified atom stereocenters. The van der Waals surface area contributed by atoms with E-state index in [1.54, 1.807) is 0 Å². The standard InChI is InChI=1S/C12H16N2O6S/c1-4-8(2)7-20-10-5-9(14(15)16)6-11(12(10)19-3)21(13,17)18/h5-6H,2,4,7H2,1,3H3,(H2,13,17,18). The van der Waals surface area contributed by atoms with Gasteiger partial charge in [-0.25, -0.2) is 13.6 Å². The molecule has 2 N–H and O–H groups in total. The van der Waals surface area contributed by atoms with E-state index in [0.717, 1.165) is 17.7 Å². The van der Waals surface area contributed by atoms with Gasteiger partial charge >= 0.3 is 0 Å². The van der Waals surface area contributed by atoms with Gasteiger partial charge in [0.2, 0.25) is 10.0 Å². The third kappa shape index (κ3) is 4.17. The van der Waals surface area contributed by atoms with Crippen molar-refractivity contribution >= 4 is 15.7 Å². The minimum atomic E-state index is -4.20. The van der Waals surface area contributed by atoms with Gasteiger partial charge in [0.1, 0.15) is 11.5 Å². The first-order valence-electron chi connectivity index (χ1n) is 5.89. The van der Waals surface area contributed by atoms with E-state index >= 15 is 0 Å². The van der Waals surface area contributed by atoms with E-state index in [0.29, 0.717) is 6.42 Å². The molecule has 9 heteroatoms. The van der Waals surface area contributed by atoms with Gasteiger partial charge in [-0.15, -0.1) is 0 Å². The first kappa shape index (κ1) is 16.9. The fourth-order valence-electron chi connectivity index (χ4n) is 1.47. The summed E-state index contributed by atoms with van der Waals surface area (Å²) in [6.45, 7) is 5.68. The van der Waals surface area contributed by atoms with Crippen molar-refractivity contribution in [1.29, 1.82) is 0 Å². The molecule has 0 spiro atoms. The van der Waals surface area contributed by atoms with Crippen LogP contribution in [0.25, 0.3) is 0 Å². The largest absolute Gasteiger partial charge is 0.492 e. The SMILES string of the molecule is C=C(CC)COc1cc([N+](=O)[O-])cc(S(N)(=O)=O)c1OC. The van der Waals surface area contributed by atoms with E-state index in [2.05, 4.69) is 6.58 Å². The molecule has 0 heterocycles. The van der Waals surface area contributed by atoms with Gasteiger partial charge < -0.3 is 9.47 Å². The number of hydrogen-bond acceptors (Lipinski definition) is 6. The van der Waals surface area contributed by atoms with Crippen LogP contribution in [0.5, 0.6) is 11.5 Å². The Hall–Kier alpha value is -2.13. The van der Waals surface area contributed by atoms with Gasteiger partial charge in [-0.1, -0.05) is 13.5 Å². The summed E-state index contributed by atoms with van der Waals surface area (Å²) in [4.78, 5) is 9.64. The van der Waals surface area contributed by atoms with Crippen molar-refractivity contribution < 1.29 is 22.8 Å². The van der Waals surface area contributed by atoms with Gasteiger partial charge in [0.25, 0.3) is 5.69 Å². The fraction of sp³-hybridized carbons (Fsp3) is 0.333. The maximum Gasteiger partial charge on any atom is 0.274 e. The van der Waals surface area contributed by atoms with Crippen LogP contribution in [0.1, 0.15) is 13.3 Å². The summed E-state index contributed by atoms with van der Waals surface area (Å²) in [6, 6.07) is 1.91. The highest BCUT2D eigenvalue weighted by Gasteiger charge is 2.25. The molecule has 0 radical (unpaired) electrons. The van der Waals surface area contributed by atoms with Crippen LogP contribution < -0.4 is 14.6 Å². The van der Waals surface area contributed by atoms with Crippen LogP contribution in [-0.2, 0) is 10.0 Å². The summed E-state index contributed by atoms with van der Waals surface area (Å²) >= 11 is 0. The average molecular weight is 316 g/mol. The number of nitrogens with zero attached hydrogens (tertiary/aromatic N) is 1. The minimum Gasteiger partial charge on any atom is -0.492 e. The monoisotopic (exact) mass is 316 g/mol. The molecular weight excluding hydrogens is 300 g/mol. The number of hydrogen-bond donors (Lipinski definition) is 1. The zero-order valence-electron chi connectivity index (χ0n) is 11.7. The summed E-state index contributed by atoms with van der Waals surface area (Å²) in [5.74, 6) is -0.252. The molecule has 0 aliphatic carbocycles. The lowest BCUT2D eigenvalue weighted by atomic mass is 10.2. The third-order valence-electron chi connectivity index (χ3n) is 2.66. The highest BCUT2D eigenvalue weighted by Crippen LogP contribution is 2.38. The maximum absolute atomic E-state index is 11.5. The number of primary sulfonamides is 1. The van der Waals surface area contributed by atoms with E-state index in [4.69, 9.17) is 14.6 Å². The molecule has 0 amide bonds. The van der Waals surface area contributed by atoms with E-state index in [9.17, 15) is 18.5 Å². The number of benzene rings is 1. The van der Waals surface area contributed by atoms with Gasteiger partial charge in [0, 0.05) is 6.07 Å². The van der Waals surface area contributed by atoms with Gasteiger partial charge in [-0.2, -0.15) is 0 Å². The topological polar surface area (TPSA) is 122 Å². The molecule has 0 fully saturated rings. The van der Waals surface area contributed by atoms with Crippen molar-refractivity contribution in [3.63, 3.8) is 0 Å². The molecule has 1 aromatic carbocycles. The normalized spacial score (nSPS) is 11.0. The lowest BCUT2D eigenvalue weighted by Crippen LogP contribution is -2.15. The summed E-state index contributed by atoms with van der Waals surface area (Å²) in [5, 5.41) is 15.9. The molecule has 0 aromatic heterocycles. The molecule has 0 aliphatic rings. The first-order chi connectivity index (χ1) is 9.70. The van der Waals surface area contributed by atoms with Crippen LogP contribution in [0.3, 0.4) is 0 Å². The minimum absolute atomic E-state index is 0.0784. The van der Waals surface area contributed by atoms with Crippen molar-refractivity contribution in [1.82, 2.24) is 0 Å². The number of rotatable bonds is 7. The van der Waals surface area contributed by atoms with Crippen LogP contribution in [0.15, 0.2) is 29.2 Å². The second-order valence-corrected chi connectivity index (χ2v) is 5.70. The van der Waals surface area contributed by atoms with Crippen molar-refractivity contribution in [2.24, 2.45) is 5.14 Å². The quantitative estimate of drug-likeness (QED) is 0.463. The molecule has 21 heavy (non-hydrogen) atoms. The van der Waals surface area contributed by atoms with E-state index in [1.165, 1.54) is 7.11 Å². The molecule has 1 aromatic rings. The number of nitro groups is 1. The maximum atomic E-state index is 11.5. The van der Waals surface area contributed by atoms with Crippen LogP contribution in [0, 0.1) is 10.1 Å². The highest BCUT2D eigenvalue weighted by atomic mass is 32.2. The molecule has 0 saturated heterocycles. The van der Waals surface area contributed by atoms with Crippen LogP contribution in [-0.4, -0.2) is 27.1 Å². The molecule has 8 nitrogen and oxygen atoms in total. The molecule has 1 rings (SSSR count). The first-order valence-corrected chi connectivity index (χ1v) is 7.44. The Morgan fingerprint density at radius 2 is 2.10 bits per heavy atom. The number of ether oxygens (including phenoxy) is 2. The molecule has 0 atom stereocenters. The Labute approximate surface area is 122 Å². The van der Waals surface area contributed by atoms with Gasteiger partial charge in [-0.05, 0) is 12.0 Å². The van der Waals surface area contributed by atoms with Gasteiger partial charge in [0.05, 0.1) is 18.1 Å². The second kappa shape index (κ2) is 6.55. The Morgan fingerprint density at radius 1 is 1.48 bits per heavy atom. The van der Waals surface area contributed by atoms with Crippen molar-refractivity contribution in [3.05, 3.63) is 34.4 Å². The zero-order valence-corrected chi connectivity index (χ0v) is 12.5. The predicted molar refractivity (Wildman–Crippen MR) is 75.9 cm³/mol. The highest BCUT2D eigenvalue weighted by molar-refractivity contribution is 7.89. The summed E-state index contributed by atoms with van der Waals surface area (Å²) in [6.07, 6.45) is 0.652. The van der Waals surface area contributed by atoms with E-state index < -0.39 is 25.5 Å². The van der Waals surface area contributed by atoms with Crippen LogP contribution in [0.2, 0.25) is 0 Å². The molecule has 116 valence electrons. The Morgan fingerprint density at radius 3 is 2.52 bits per heavy atom. The lowest BCUT2D eigenvalue weighted by Gasteiger charge is -2.14. The molecular formula is C12H16N2O6S. The summed E-state index contributed by atoms with van der Waals surface area (Å²) in [5.41, 5.74) is 0.276. The predicted octanol–water partition coefficient (Wildman–Crippen LogP) is 1.60. The Kier molecular flexibility index (Phi) is 5.28. The van der Waals surface area contributed by atoms with Gasteiger partial charge in [0.15, 0.2) is 11.5 Å². The number of nitrogens with two attached hydrogens (primary N) is 1. The smallest absolute Gasteiger partial charge is 0.274 e. The fourth-order valence-corrected chi connectivity index (χ4v) is 2.20. The number of non-ortho nitro benzene ring substituents is 1. The second-order valence-electron chi connectivity index (χ2n) is 4.17. The van der Waals surface area contributed by atoms with Crippen LogP contribution >= 0.6 is 0 Å². The number of sulfonamides is 1. The van der Waals surface area contributed by atoms with Gasteiger partial charge in [-0.3, -0.25) is 10.1 Å². The molecule has 0 aliphatic heterocycles. The average Bonchev–Trinajstić information content (AvgIpc) is 2.42. The summed E-state index contributed by atoms with van der Waals surface area (Å²) < 4.78 is 33.4. The third-order valence-corrected chi connectivity index (χ3v) is 3.58. The Bertz CT molecular complexity index is 669. The Balaban J connectivity index is 3.42. The zero-order chi connectivity index (χ0) is 16.2. The van der Waals surface area contributed by atoms with E-state index in [-0.39, 0.29) is 18.1 Å².